The molecule has 78 valence electrons. The topological polar surface area (TPSA) is 89.3 Å². The molecule has 0 rings (SSSR count). The molecule has 0 aromatic rings. The van der Waals surface area contributed by atoms with Crippen LogP contribution in [0.2, 0.25) is 0 Å². The Morgan fingerprint density at radius 1 is 1.38 bits per heavy atom. The molecule has 0 aliphatic heterocycles. The maximum Gasteiger partial charge on any atom is 0.237 e. The Morgan fingerprint density at radius 2 is 1.85 bits per heavy atom. The quantitative estimate of drug-likeness (QED) is 0.656. The van der Waals surface area contributed by atoms with Gasteiger partial charge in [-0.05, 0) is 20.8 Å². The molecule has 1 atom stereocenters. The molecule has 0 fully saturated rings. The smallest absolute Gasteiger partial charge is 0.237 e. The summed E-state index contributed by atoms with van der Waals surface area (Å²) in [6.07, 6.45) is 0.0198. The van der Waals surface area contributed by atoms with Gasteiger partial charge in [-0.1, -0.05) is 0 Å². The Hall–Kier alpha value is -0.620. The van der Waals surface area contributed by atoms with Crippen molar-refractivity contribution in [3.8, 4) is 0 Å². The summed E-state index contributed by atoms with van der Waals surface area (Å²) in [5.74, 6) is -0.552. The highest BCUT2D eigenvalue weighted by Crippen LogP contribution is 1.97. The SMILES string of the molecule is CC(N)CC(=O)NS(=O)(=O)C(C)C. The summed E-state index contributed by atoms with van der Waals surface area (Å²) >= 11 is 0. The predicted molar refractivity (Wildman–Crippen MR) is 50.5 cm³/mol. The molecule has 1 unspecified atom stereocenters. The maximum absolute atomic E-state index is 11.1. The molecule has 0 aromatic heterocycles. The normalized spacial score (nSPS) is 14.2. The maximum atomic E-state index is 11.1. The van der Waals surface area contributed by atoms with Gasteiger partial charge in [0.25, 0.3) is 0 Å². The Labute approximate surface area is 78.7 Å². The summed E-state index contributed by atoms with van der Waals surface area (Å²) in [7, 11) is -3.50. The van der Waals surface area contributed by atoms with Gasteiger partial charge in [0.15, 0.2) is 0 Å². The summed E-state index contributed by atoms with van der Waals surface area (Å²) in [5, 5.41) is -0.607. The molecule has 0 saturated heterocycles. The number of hydrogen-bond acceptors (Lipinski definition) is 4. The minimum Gasteiger partial charge on any atom is -0.327 e. The van der Waals surface area contributed by atoms with Crippen molar-refractivity contribution in [3.63, 3.8) is 0 Å². The molecular formula is C7H16N2O3S. The number of rotatable bonds is 4. The van der Waals surface area contributed by atoms with Crippen molar-refractivity contribution < 1.29 is 13.2 Å². The highest BCUT2D eigenvalue weighted by Gasteiger charge is 2.18. The molecule has 0 heterocycles. The number of sulfonamides is 1. The summed E-state index contributed by atoms with van der Waals surface area (Å²) < 4.78 is 24.2. The van der Waals surface area contributed by atoms with E-state index in [1.807, 2.05) is 4.72 Å². The summed E-state index contributed by atoms with van der Waals surface area (Å²) in [5.41, 5.74) is 5.33. The summed E-state index contributed by atoms with van der Waals surface area (Å²) in [6, 6.07) is -0.331. The van der Waals surface area contributed by atoms with Gasteiger partial charge in [-0.25, -0.2) is 8.42 Å². The van der Waals surface area contributed by atoms with E-state index >= 15 is 0 Å². The summed E-state index contributed by atoms with van der Waals surface area (Å²) in [6.45, 7) is 4.64. The van der Waals surface area contributed by atoms with Crippen LogP contribution >= 0.6 is 0 Å². The summed E-state index contributed by atoms with van der Waals surface area (Å²) in [4.78, 5) is 11.0. The standard InChI is InChI=1S/C7H16N2O3S/c1-5(2)13(11,12)9-7(10)4-6(3)8/h5-6H,4,8H2,1-3H3,(H,9,10). The van der Waals surface area contributed by atoms with Crippen molar-refractivity contribution in [2.75, 3.05) is 0 Å². The third kappa shape index (κ3) is 4.84. The van der Waals surface area contributed by atoms with Gasteiger partial charge < -0.3 is 5.73 Å². The lowest BCUT2D eigenvalue weighted by atomic mass is 10.2. The molecule has 0 radical (unpaired) electrons. The average Bonchev–Trinajstić information content (AvgIpc) is 1.82. The Balaban J connectivity index is 4.22. The van der Waals surface area contributed by atoms with Crippen LogP contribution in [0, 0.1) is 0 Å². The van der Waals surface area contributed by atoms with Crippen molar-refractivity contribution in [1.82, 2.24) is 4.72 Å². The average molecular weight is 208 g/mol. The molecule has 0 spiro atoms. The highest BCUT2D eigenvalue weighted by molar-refractivity contribution is 7.90. The van der Waals surface area contributed by atoms with E-state index in [4.69, 9.17) is 5.73 Å². The van der Waals surface area contributed by atoms with Gasteiger partial charge in [0.05, 0.1) is 5.25 Å². The first-order chi connectivity index (χ1) is 5.75. The molecular weight excluding hydrogens is 192 g/mol. The molecule has 6 heteroatoms. The van der Waals surface area contributed by atoms with Crippen LogP contribution in [0.4, 0.5) is 0 Å². The fourth-order valence-corrected chi connectivity index (χ4v) is 1.25. The van der Waals surface area contributed by atoms with E-state index < -0.39 is 21.2 Å². The molecule has 0 bridgehead atoms. The number of nitrogens with one attached hydrogen (secondary N) is 1. The van der Waals surface area contributed by atoms with E-state index in [1.54, 1.807) is 6.92 Å². The monoisotopic (exact) mass is 208 g/mol. The van der Waals surface area contributed by atoms with E-state index in [-0.39, 0.29) is 12.5 Å². The zero-order valence-corrected chi connectivity index (χ0v) is 8.89. The lowest BCUT2D eigenvalue weighted by molar-refractivity contribution is -0.119. The molecule has 0 aliphatic carbocycles. The molecule has 13 heavy (non-hydrogen) atoms. The number of hydrogen-bond donors (Lipinski definition) is 2. The first kappa shape index (κ1) is 12.4. The lowest BCUT2D eigenvalue weighted by Gasteiger charge is -2.10. The molecule has 3 N–H and O–H groups in total. The largest absolute Gasteiger partial charge is 0.327 e. The Bertz CT molecular complexity index is 269. The Morgan fingerprint density at radius 3 is 2.15 bits per heavy atom. The molecule has 5 nitrogen and oxygen atoms in total. The number of carbonyl (C=O) groups is 1. The minimum absolute atomic E-state index is 0.0198. The van der Waals surface area contributed by atoms with Crippen molar-refractivity contribution in [3.05, 3.63) is 0 Å². The van der Waals surface area contributed by atoms with Crippen LogP contribution in [0.25, 0.3) is 0 Å². The zero-order chi connectivity index (χ0) is 10.6. The van der Waals surface area contributed by atoms with Crippen LogP contribution < -0.4 is 10.5 Å². The van der Waals surface area contributed by atoms with Crippen LogP contribution in [0.15, 0.2) is 0 Å². The molecule has 1 amide bonds. The fraction of sp³-hybridized carbons (Fsp3) is 0.857. The molecule has 0 saturated carbocycles. The van der Waals surface area contributed by atoms with Gasteiger partial charge in [-0.15, -0.1) is 0 Å². The van der Waals surface area contributed by atoms with Gasteiger partial charge in [-0.3, -0.25) is 9.52 Å². The first-order valence-electron chi connectivity index (χ1n) is 4.05. The van der Waals surface area contributed by atoms with Crippen LogP contribution in [-0.2, 0) is 14.8 Å². The first-order valence-corrected chi connectivity index (χ1v) is 5.60. The molecule has 0 aromatic carbocycles. The van der Waals surface area contributed by atoms with Crippen molar-refractivity contribution >= 4 is 15.9 Å². The number of amides is 1. The van der Waals surface area contributed by atoms with Gasteiger partial charge in [0.2, 0.25) is 15.9 Å². The number of nitrogens with two attached hydrogens (primary N) is 1. The van der Waals surface area contributed by atoms with E-state index in [0.29, 0.717) is 0 Å². The van der Waals surface area contributed by atoms with Crippen LogP contribution in [0.3, 0.4) is 0 Å². The van der Waals surface area contributed by atoms with Crippen LogP contribution in [0.1, 0.15) is 27.2 Å². The lowest BCUT2D eigenvalue weighted by Crippen LogP contribution is -2.38. The third-order valence-electron chi connectivity index (χ3n) is 1.38. The van der Waals surface area contributed by atoms with E-state index in [0.717, 1.165) is 0 Å². The second kappa shape index (κ2) is 4.57. The Kier molecular flexibility index (Phi) is 4.35. The van der Waals surface area contributed by atoms with Gasteiger partial charge in [0.1, 0.15) is 0 Å². The molecule has 0 aliphatic rings. The van der Waals surface area contributed by atoms with Crippen LogP contribution in [-0.4, -0.2) is 25.6 Å². The fourth-order valence-electron chi connectivity index (χ4n) is 0.611. The predicted octanol–water partition coefficient (Wildman–Crippen LogP) is -0.422. The van der Waals surface area contributed by atoms with E-state index in [2.05, 4.69) is 0 Å². The van der Waals surface area contributed by atoms with Gasteiger partial charge >= 0.3 is 0 Å². The van der Waals surface area contributed by atoms with Crippen molar-refractivity contribution in [1.29, 1.82) is 0 Å². The zero-order valence-electron chi connectivity index (χ0n) is 8.07. The highest BCUT2D eigenvalue weighted by atomic mass is 32.2. The van der Waals surface area contributed by atoms with Crippen molar-refractivity contribution in [2.45, 2.75) is 38.5 Å². The number of carbonyl (C=O) groups excluding carboxylic acids is 1. The van der Waals surface area contributed by atoms with Gasteiger partial charge in [-0.2, -0.15) is 0 Å². The van der Waals surface area contributed by atoms with E-state index in [9.17, 15) is 13.2 Å². The minimum atomic E-state index is -3.50. The third-order valence-corrected chi connectivity index (χ3v) is 3.14. The van der Waals surface area contributed by atoms with Crippen LogP contribution in [0.5, 0.6) is 0 Å². The van der Waals surface area contributed by atoms with Crippen molar-refractivity contribution in [2.24, 2.45) is 5.73 Å². The second-order valence-corrected chi connectivity index (χ2v) is 5.54. The van der Waals surface area contributed by atoms with E-state index in [1.165, 1.54) is 13.8 Å². The van der Waals surface area contributed by atoms with Gasteiger partial charge in [0, 0.05) is 12.5 Å². The second-order valence-electron chi connectivity index (χ2n) is 3.30.